The Bertz CT molecular complexity index is 612. The van der Waals surface area contributed by atoms with Gasteiger partial charge in [-0.25, -0.2) is 4.79 Å². The van der Waals surface area contributed by atoms with E-state index in [1.165, 1.54) is 7.05 Å². The quantitative estimate of drug-likeness (QED) is 0.733. The highest BCUT2D eigenvalue weighted by Crippen LogP contribution is 2.13. The molecule has 1 heterocycles. The molecule has 4 nitrogen and oxygen atoms in total. The zero-order valence-corrected chi connectivity index (χ0v) is 9.53. The molecule has 0 saturated heterocycles. The van der Waals surface area contributed by atoms with Crippen LogP contribution in [0.15, 0.2) is 27.8 Å². The highest BCUT2D eigenvalue weighted by molar-refractivity contribution is 14.1. The van der Waals surface area contributed by atoms with Crippen LogP contribution in [0.1, 0.15) is 0 Å². The molecule has 1 N–H and O–H groups in total. The number of nitrogens with zero attached hydrogens (tertiary/aromatic N) is 1. The third kappa shape index (κ3) is 1.28. The predicted octanol–water partition coefficient (Wildman–Crippen LogP) is 0.831. The first kappa shape index (κ1) is 9.45. The van der Waals surface area contributed by atoms with Crippen LogP contribution in [0.5, 0.6) is 0 Å². The molecule has 1 aromatic carbocycles. The largest absolute Gasteiger partial charge is 0.328 e. The lowest BCUT2D eigenvalue weighted by Gasteiger charge is -2.01. The van der Waals surface area contributed by atoms with Crippen LogP contribution in [-0.4, -0.2) is 9.55 Å². The summed E-state index contributed by atoms with van der Waals surface area (Å²) in [6.07, 6.45) is 0. The number of fused-ring (bicyclic) bond motifs is 1. The minimum absolute atomic E-state index is 0.256. The number of halogens is 1. The van der Waals surface area contributed by atoms with E-state index in [1.807, 2.05) is 6.07 Å². The van der Waals surface area contributed by atoms with Crippen LogP contribution in [0.25, 0.3) is 10.9 Å². The van der Waals surface area contributed by atoms with E-state index in [9.17, 15) is 9.59 Å². The average Bonchev–Trinajstić information content (AvgIpc) is 2.14. The lowest BCUT2D eigenvalue weighted by atomic mass is 10.2. The summed E-state index contributed by atoms with van der Waals surface area (Å²) in [5.74, 6) is 0. The molecule has 0 aliphatic carbocycles. The molecular formula is C9H7IN2O2. The summed E-state index contributed by atoms with van der Waals surface area (Å²) < 4.78 is 1.92. The topological polar surface area (TPSA) is 54.9 Å². The van der Waals surface area contributed by atoms with Crippen LogP contribution in [0.3, 0.4) is 0 Å². The standard InChI is InChI=1S/C9H7IN2O2/c1-12-8(13)7-5(10)3-2-4-6(7)11-9(12)14/h2-4H,1H3,(H,11,14). The lowest BCUT2D eigenvalue weighted by molar-refractivity contribution is 0.793. The van der Waals surface area contributed by atoms with Crippen LogP contribution >= 0.6 is 22.6 Å². The van der Waals surface area contributed by atoms with E-state index >= 15 is 0 Å². The number of hydrogen-bond donors (Lipinski definition) is 1. The Labute approximate surface area is 92.7 Å². The molecule has 0 unspecified atom stereocenters. The monoisotopic (exact) mass is 302 g/mol. The highest BCUT2D eigenvalue weighted by atomic mass is 127. The summed E-state index contributed by atoms with van der Waals surface area (Å²) in [6.45, 7) is 0. The van der Waals surface area contributed by atoms with Crippen LogP contribution in [-0.2, 0) is 7.05 Å². The minimum Gasteiger partial charge on any atom is -0.307 e. The Balaban J connectivity index is 3.15. The average molecular weight is 302 g/mol. The molecule has 14 heavy (non-hydrogen) atoms. The molecule has 1 aromatic heterocycles. The maximum Gasteiger partial charge on any atom is 0.328 e. The molecule has 0 aliphatic heterocycles. The van der Waals surface area contributed by atoms with Crippen molar-refractivity contribution in [3.63, 3.8) is 0 Å². The predicted molar refractivity (Wildman–Crippen MR) is 62.5 cm³/mol. The van der Waals surface area contributed by atoms with E-state index in [-0.39, 0.29) is 11.2 Å². The van der Waals surface area contributed by atoms with Gasteiger partial charge in [-0.3, -0.25) is 9.36 Å². The summed E-state index contributed by atoms with van der Waals surface area (Å²) in [5.41, 5.74) is -0.0525. The molecule has 0 atom stereocenters. The van der Waals surface area contributed by atoms with E-state index in [0.717, 1.165) is 8.14 Å². The van der Waals surface area contributed by atoms with Gasteiger partial charge in [0.1, 0.15) is 0 Å². The third-order valence-corrected chi connectivity index (χ3v) is 2.98. The van der Waals surface area contributed by atoms with Crippen LogP contribution in [0, 0.1) is 3.57 Å². The molecule has 2 aromatic rings. The van der Waals surface area contributed by atoms with Gasteiger partial charge in [0.2, 0.25) is 0 Å². The Morgan fingerprint density at radius 1 is 1.36 bits per heavy atom. The minimum atomic E-state index is -0.385. The van der Waals surface area contributed by atoms with Gasteiger partial charge in [0.15, 0.2) is 0 Å². The van der Waals surface area contributed by atoms with Crippen molar-refractivity contribution in [3.8, 4) is 0 Å². The molecule has 0 spiro atoms. The van der Waals surface area contributed by atoms with Crippen molar-refractivity contribution in [1.82, 2.24) is 9.55 Å². The molecule has 0 saturated carbocycles. The van der Waals surface area contributed by atoms with Gasteiger partial charge in [-0.1, -0.05) is 6.07 Å². The number of aromatic amines is 1. The second-order valence-electron chi connectivity index (χ2n) is 2.96. The fourth-order valence-electron chi connectivity index (χ4n) is 1.30. The molecule has 0 radical (unpaired) electrons. The van der Waals surface area contributed by atoms with Crippen molar-refractivity contribution in [2.45, 2.75) is 0 Å². The third-order valence-electron chi connectivity index (χ3n) is 2.08. The molecular weight excluding hydrogens is 295 g/mol. The SMILES string of the molecule is Cn1c(=O)[nH]c2cccc(I)c2c1=O. The van der Waals surface area contributed by atoms with Gasteiger partial charge < -0.3 is 4.98 Å². The van der Waals surface area contributed by atoms with Crippen molar-refractivity contribution in [2.24, 2.45) is 7.05 Å². The normalized spacial score (nSPS) is 10.7. The van der Waals surface area contributed by atoms with Gasteiger partial charge in [0, 0.05) is 10.6 Å². The maximum atomic E-state index is 11.7. The number of rotatable bonds is 0. The van der Waals surface area contributed by atoms with Crippen LogP contribution in [0.4, 0.5) is 0 Å². The smallest absolute Gasteiger partial charge is 0.307 e. The first-order valence-electron chi connectivity index (χ1n) is 3.99. The van der Waals surface area contributed by atoms with Gasteiger partial charge in [-0.2, -0.15) is 0 Å². The number of nitrogens with one attached hydrogen (secondary N) is 1. The summed E-state index contributed by atoms with van der Waals surface area (Å²) in [5, 5.41) is 0.565. The highest BCUT2D eigenvalue weighted by Gasteiger charge is 2.06. The maximum absolute atomic E-state index is 11.7. The van der Waals surface area contributed by atoms with Crippen molar-refractivity contribution in [3.05, 3.63) is 42.6 Å². The number of benzene rings is 1. The van der Waals surface area contributed by atoms with Crippen LogP contribution < -0.4 is 11.2 Å². The first-order valence-corrected chi connectivity index (χ1v) is 5.06. The van der Waals surface area contributed by atoms with E-state index in [0.29, 0.717) is 10.9 Å². The van der Waals surface area contributed by atoms with Gasteiger partial charge in [0.25, 0.3) is 5.56 Å². The molecule has 2 rings (SSSR count). The first-order chi connectivity index (χ1) is 6.61. The number of H-pyrrole nitrogens is 1. The molecule has 0 fully saturated rings. The molecule has 0 amide bonds. The van der Waals surface area contributed by atoms with E-state index in [2.05, 4.69) is 27.6 Å². The Morgan fingerprint density at radius 2 is 2.07 bits per heavy atom. The fourth-order valence-corrected chi connectivity index (χ4v) is 2.03. The van der Waals surface area contributed by atoms with Gasteiger partial charge in [-0.15, -0.1) is 0 Å². The molecule has 5 heteroatoms. The van der Waals surface area contributed by atoms with Crippen molar-refractivity contribution in [2.75, 3.05) is 0 Å². The zero-order valence-electron chi connectivity index (χ0n) is 7.37. The fraction of sp³-hybridized carbons (Fsp3) is 0.111. The van der Waals surface area contributed by atoms with E-state index in [1.54, 1.807) is 12.1 Å². The number of aromatic nitrogens is 2. The molecule has 0 aliphatic rings. The van der Waals surface area contributed by atoms with E-state index in [4.69, 9.17) is 0 Å². The summed E-state index contributed by atoms with van der Waals surface area (Å²) in [7, 11) is 1.46. The Kier molecular flexibility index (Phi) is 2.18. The summed E-state index contributed by atoms with van der Waals surface area (Å²) >= 11 is 2.08. The molecule has 72 valence electrons. The van der Waals surface area contributed by atoms with Gasteiger partial charge >= 0.3 is 5.69 Å². The van der Waals surface area contributed by atoms with Crippen molar-refractivity contribution < 1.29 is 0 Å². The summed E-state index contributed by atoms with van der Waals surface area (Å²) in [6, 6.07) is 5.36. The van der Waals surface area contributed by atoms with E-state index < -0.39 is 0 Å². The second-order valence-corrected chi connectivity index (χ2v) is 4.12. The van der Waals surface area contributed by atoms with Crippen molar-refractivity contribution in [1.29, 1.82) is 0 Å². The Morgan fingerprint density at radius 3 is 2.79 bits per heavy atom. The van der Waals surface area contributed by atoms with Gasteiger partial charge in [0.05, 0.1) is 10.9 Å². The Hall–Kier alpha value is -1.11. The zero-order chi connectivity index (χ0) is 10.3. The molecule has 0 bridgehead atoms. The van der Waals surface area contributed by atoms with Crippen molar-refractivity contribution >= 4 is 33.5 Å². The lowest BCUT2D eigenvalue weighted by Crippen LogP contribution is -2.32. The number of hydrogen-bond acceptors (Lipinski definition) is 2. The van der Waals surface area contributed by atoms with Gasteiger partial charge in [-0.05, 0) is 34.7 Å². The summed E-state index contributed by atoms with van der Waals surface area (Å²) in [4.78, 5) is 25.6. The second kappa shape index (κ2) is 3.23. The van der Waals surface area contributed by atoms with Crippen LogP contribution in [0.2, 0.25) is 0 Å².